The van der Waals surface area contributed by atoms with Crippen LogP contribution in [0.25, 0.3) is 6.08 Å². The molecular formula is C23H22N2O4S. The van der Waals surface area contributed by atoms with Gasteiger partial charge in [0.05, 0.1) is 16.7 Å². The van der Waals surface area contributed by atoms with Crippen molar-refractivity contribution in [3.63, 3.8) is 0 Å². The van der Waals surface area contributed by atoms with E-state index in [1.807, 2.05) is 61.7 Å². The summed E-state index contributed by atoms with van der Waals surface area (Å²) in [5.41, 5.74) is 2.75. The normalized spacial score (nSPS) is 13.4. The third-order valence-corrected chi connectivity index (χ3v) is 5.42. The molecule has 6 nitrogen and oxygen atoms in total. The number of rotatable bonds is 7. The first-order valence-corrected chi connectivity index (χ1v) is 10.5. The number of hydrogen-bond acceptors (Lipinski definition) is 6. The molecule has 7 heteroatoms. The van der Waals surface area contributed by atoms with Crippen LogP contribution in [0.15, 0.2) is 53.9 Å². The van der Waals surface area contributed by atoms with Gasteiger partial charge in [0.1, 0.15) is 12.4 Å². The average Bonchev–Trinajstić information content (AvgIpc) is 3.39. The van der Waals surface area contributed by atoms with Crippen molar-refractivity contribution in [3.05, 3.63) is 75.7 Å². The predicted molar refractivity (Wildman–Crippen MR) is 116 cm³/mol. The van der Waals surface area contributed by atoms with E-state index < -0.39 is 0 Å². The molecule has 2 aromatic carbocycles. The van der Waals surface area contributed by atoms with Gasteiger partial charge in [-0.15, -0.1) is 11.3 Å². The smallest absolute Gasteiger partial charge is 0.244 e. The SMILES string of the molecule is Cc1nc(COc2cccc(/C=C/C(=O)NC(C)c3ccc4c(c3)OCO4)c2)cs1. The highest BCUT2D eigenvalue weighted by molar-refractivity contribution is 7.09. The Morgan fingerprint density at radius 3 is 2.97 bits per heavy atom. The van der Waals surface area contributed by atoms with Gasteiger partial charge in [0.25, 0.3) is 0 Å². The molecule has 0 fully saturated rings. The Labute approximate surface area is 179 Å². The monoisotopic (exact) mass is 422 g/mol. The zero-order valence-corrected chi connectivity index (χ0v) is 17.6. The van der Waals surface area contributed by atoms with Crippen LogP contribution in [-0.2, 0) is 11.4 Å². The largest absolute Gasteiger partial charge is 0.487 e. The lowest BCUT2D eigenvalue weighted by atomic mass is 10.1. The zero-order valence-electron chi connectivity index (χ0n) is 16.8. The Balaban J connectivity index is 1.33. The van der Waals surface area contributed by atoms with E-state index in [1.165, 1.54) is 6.08 Å². The molecule has 0 spiro atoms. The summed E-state index contributed by atoms with van der Waals surface area (Å²) in [4.78, 5) is 16.7. The standard InChI is InChI=1S/C23H22N2O4S/c1-15(18-7-8-21-22(11-18)29-14-28-21)24-23(26)9-6-17-4-3-5-20(10-17)27-12-19-13-30-16(2)25-19/h3-11,13,15H,12,14H2,1-2H3,(H,24,26)/b9-6+. The lowest BCUT2D eigenvalue weighted by Gasteiger charge is -2.13. The van der Waals surface area contributed by atoms with E-state index in [0.29, 0.717) is 12.4 Å². The third kappa shape index (κ3) is 4.99. The molecule has 0 radical (unpaired) electrons. The molecule has 1 N–H and O–H groups in total. The molecule has 1 atom stereocenters. The summed E-state index contributed by atoms with van der Waals surface area (Å²) in [7, 11) is 0. The van der Waals surface area contributed by atoms with Gasteiger partial charge >= 0.3 is 0 Å². The Bertz CT molecular complexity index is 1080. The van der Waals surface area contributed by atoms with Gasteiger partial charge in [-0.2, -0.15) is 0 Å². The number of nitrogens with zero attached hydrogens (tertiary/aromatic N) is 1. The molecular weight excluding hydrogens is 400 g/mol. The van der Waals surface area contributed by atoms with Crippen LogP contribution in [0, 0.1) is 6.92 Å². The van der Waals surface area contributed by atoms with Crippen LogP contribution >= 0.6 is 11.3 Å². The highest BCUT2D eigenvalue weighted by Gasteiger charge is 2.16. The molecule has 1 amide bonds. The molecule has 1 aliphatic rings. The molecule has 2 heterocycles. The van der Waals surface area contributed by atoms with Gasteiger partial charge in [-0.25, -0.2) is 4.98 Å². The fourth-order valence-corrected chi connectivity index (χ4v) is 3.64. The summed E-state index contributed by atoms with van der Waals surface area (Å²) < 4.78 is 16.5. The number of thiazole rings is 1. The number of carbonyl (C=O) groups excluding carboxylic acids is 1. The average molecular weight is 423 g/mol. The molecule has 0 saturated heterocycles. The molecule has 30 heavy (non-hydrogen) atoms. The maximum atomic E-state index is 12.3. The molecule has 1 unspecified atom stereocenters. The third-order valence-electron chi connectivity index (χ3n) is 4.59. The molecule has 1 aromatic heterocycles. The lowest BCUT2D eigenvalue weighted by molar-refractivity contribution is -0.117. The van der Waals surface area contributed by atoms with E-state index in [0.717, 1.165) is 33.3 Å². The van der Waals surface area contributed by atoms with Crippen molar-refractivity contribution in [2.24, 2.45) is 0 Å². The number of ether oxygens (including phenoxy) is 3. The summed E-state index contributed by atoms with van der Waals surface area (Å²) >= 11 is 1.60. The first-order chi connectivity index (χ1) is 14.6. The van der Waals surface area contributed by atoms with Crippen molar-refractivity contribution in [1.82, 2.24) is 10.3 Å². The number of nitrogens with one attached hydrogen (secondary N) is 1. The van der Waals surface area contributed by atoms with Crippen LogP contribution in [0.1, 0.15) is 34.8 Å². The van der Waals surface area contributed by atoms with Crippen molar-refractivity contribution >= 4 is 23.3 Å². The van der Waals surface area contributed by atoms with Gasteiger partial charge in [0, 0.05) is 11.5 Å². The summed E-state index contributed by atoms with van der Waals surface area (Å²) in [6, 6.07) is 13.1. The molecule has 0 saturated carbocycles. The number of carbonyl (C=O) groups is 1. The highest BCUT2D eigenvalue weighted by atomic mass is 32.1. The number of benzene rings is 2. The predicted octanol–water partition coefficient (Wildman–Crippen LogP) is 4.65. The number of amides is 1. The second-order valence-corrected chi connectivity index (χ2v) is 7.96. The van der Waals surface area contributed by atoms with Gasteiger partial charge in [-0.3, -0.25) is 4.79 Å². The van der Waals surface area contributed by atoms with Crippen LogP contribution < -0.4 is 19.5 Å². The number of fused-ring (bicyclic) bond motifs is 1. The van der Waals surface area contributed by atoms with Crippen molar-refractivity contribution in [2.45, 2.75) is 26.5 Å². The second kappa shape index (κ2) is 9.00. The van der Waals surface area contributed by atoms with E-state index >= 15 is 0 Å². The maximum absolute atomic E-state index is 12.3. The highest BCUT2D eigenvalue weighted by Crippen LogP contribution is 2.34. The minimum Gasteiger partial charge on any atom is -0.487 e. The molecule has 4 rings (SSSR count). The van der Waals surface area contributed by atoms with Crippen molar-refractivity contribution in [3.8, 4) is 17.2 Å². The zero-order chi connectivity index (χ0) is 20.9. The molecule has 154 valence electrons. The Morgan fingerprint density at radius 1 is 1.27 bits per heavy atom. The summed E-state index contributed by atoms with van der Waals surface area (Å²) in [6.07, 6.45) is 3.29. The fraction of sp³-hybridized carbons (Fsp3) is 0.217. The summed E-state index contributed by atoms with van der Waals surface area (Å²) in [5, 5.41) is 5.97. The van der Waals surface area contributed by atoms with Gasteiger partial charge in [-0.05, 0) is 55.3 Å². The quantitative estimate of drug-likeness (QED) is 0.561. The van der Waals surface area contributed by atoms with Crippen LogP contribution in [0.2, 0.25) is 0 Å². The number of aryl methyl sites for hydroxylation is 1. The maximum Gasteiger partial charge on any atom is 0.244 e. The Morgan fingerprint density at radius 2 is 2.13 bits per heavy atom. The first kappa shape index (κ1) is 20.0. The van der Waals surface area contributed by atoms with Crippen LogP contribution in [-0.4, -0.2) is 17.7 Å². The van der Waals surface area contributed by atoms with Gasteiger partial charge in [0.15, 0.2) is 11.5 Å². The molecule has 3 aromatic rings. The van der Waals surface area contributed by atoms with E-state index in [1.54, 1.807) is 17.4 Å². The van der Waals surface area contributed by atoms with Crippen LogP contribution in [0.4, 0.5) is 0 Å². The molecule has 1 aliphatic heterocycles. The van der Waals surface area contributed by atoms with Crippen LogP contribution in [0.5, 0.6) is 17.2 Å². The van der Waals surface area contributed by atoms with Gasteiger partial charge < -0.3 is 19.5 Å². The minimum atomic E-state index is -0.176. The summed E-state index contributed by atoms with van der Waals surface area (Å²) in [5.74, 6) is 1.99. The van der Waals surface area contributed by atoms with E-state index in [4.69, 9.17) is 14.2 Å². The Kier molecular flexibility index (Phi) is 5.99. The van der Waals surface area contributed by atoms with Crippen LogP contribution in [0.3, 0.4) is 0 Å². The fourth-order valence-electron chi connectivity index (χ4n) is 3.04. The second-order valence-electron chi connectivity index (χ2n) is 6.90. The van der Waals surface area contributed by atoms with Gasteiger partial charge in [-0.1, -0.05) is 18.2 Å². The topological polar surface area (TPSA) is 69.7 Å². The van der Waals surface area contributed by atoms with E-state index in [-0.39, 0.29) is 18.7 Å². The van der Waals surface area contributed by atoms with E-state index in [9.17, 15) is 4.79 Å². The summed E-state index contributed by atoms with van der Waals surface area (Å²) in [6.45, 7) is 4.55. The van der Waals surface area contributed by atoms with Crippen molar-refractivity contribution in [2.75, 3.05) is 6.79 Å². The first-order valence-electron chi connectivity index (χ1n) is 9.59. The lowest BCUT2D eigenvalue weighted by Crippen LogP contribution is -2.24. The molecule has 0 bridgehead atoms. The minimum absolute atomic E-state index is 0.159. The number of aromatic nitrogens is 1. The molecule has 0 aliphatic carbocycles. The van der Waals surface area contributed by atoms with Crippen molar-refractivity contribution in [1.29, 1.82) is 0 Å². The number of hydrogen-bond donors (Lipinski definition) is 1. The van der Waals surface area contributed by atoms with Crippen molar-refractivity contribution < 1.29 is 19.0 Å². The van der Waals surface area contributed by atoms with E-state index in [2.05, 4.69) is 10.3 Å². The Hall–Kier alpha value is -3.32. The van der Waals surface area contributed by atoms with Gasteiger partial charge in [0.2, 0.25) is 12.7 Å².